The van der Waals surface area contributed by atoms with Crippen LogP contribution in [-0.2, 0) is 29.4 Å². The van der Waals surface area contributed by atoms with E-state index in [2.05, 4.69) is 4.72 Å². The molecule has 0 unspecified atom stereocenters. The Balaban J connectivity index is 2.15. The number of nitrogens with one attached hydrogen (secondary N) is 1. The Kier molecular flexibility index (Phi) is 8.97. The van der Waals surface area contributed by atoms with E-state index < -0.39 is 44.4 Å². The van der Waals surface area contributed by atoms with Crippen molar-refractivity contribution in [1.29, 1.82) is 0 Å². The van der Waals surface area contributed by atoms with Crippen molar-refractivity contribution in [2.45, 2.75) is 38.1 Å². The molecule has 1 N–H and O–H groups in total. The maximum atomic E-state index is 12.5. The van der Waals surface area contributed by atoms with Crippen molar-refractivity contribution >= 4 is 54.9 Å². The molecular formula is C19H26Cl2N2O7S2. The van der Waals surface area contributed by atoms with Gasteiger partial charge in [0, 0.05) is 19.1 Å². The number of sulfone groups is 1. The van der Waals surface area contributed by atoms with Crippen LogP contribution in [0.2, 0.25) is 10.0 Å². The van der Waals surface area contributed by atoms with Crippen molar-refractivity contribution in [2.75, 3.05) is 31.2 Å². The summed E-state index contributed by atoms with van der Waals surface area (Å²) < 4.78 is 55.9. The lowest BCUT2D eigenvalue weighted by Crippen LogP contribution is -2.43. The minimum absolute atomic E-state index is 0.00368. The molecule has 0 spiro atoms. The average Bonchev–Trinajstić information content (AvgIpc) is 3.04. The number of likely N-dealkylation sites (N-methyl/N-ethyl adjacent to an activating group) is 1. The zero-order valence-corrected chi connectivity index (χ0v) is 21.1. The summed E-state index contributed by atoms with van der Waals surface area (Å²) in [5, 5.41) is -0.303. The van der Waals surface area contributed by atoms with E-state index in [1.165, 1.54) is 4.90 Å². The number of benzene rings is 1. The second-order valence-corrected chi connectivity index (χ2v) is 12.6. The van der Waals surface area contributed by atoms with Crippen LogP contribution in [0.25, 0.3) is 0 Å². The van der Waals surface area contributed by atoms with Gasteiger partial charge in [0.25, 0.3) is 5.91 Å². The third-order valence-electron chi connectivity index (χ3n) is 4.85. The van der Waals surface area contributed by atoms with E-state index in [1.807, 2.05) is 13.8 Å². The Morgan fingerprint density at radius 1 is 1.25 bits per heavy atom. The van der Waals surface area contributed by atoms with E-state index in [0.717, 1.165) is 12.1 Å². The Morgan fingerprint density at radius 3 is 2.44 bits per heavy atom. The fourth-order valence-electron chi connectivity index (χ4n) is 3.19. The summed E-state index contributed by atoms with van der Waals surface area (Å²) in [4.78, 5) is 26.1. The van der Waals surface area contributed by atoms with Crippen LogP contribution in [0.5, 0.6) is 0 Å². The zero-order valence-electron chi connectivity index (χ0n) is 17.9. The molecule has 1 amide bonds. The highest BCUT2D eigenvalue weighted by atomic mass is 35.5. The molecule has 1 atom stereocenters. The molecule has 9 nitrogen and oxygen atoms in total. The number of hydrogen-bond donors (Lipinski definition) is 1. The first-order valence-corrected chi connectivity index (χ1v) is 14.0. The van der Waals surface area contributed by atoms with Crippen LogP contribution in [0.1, 0.15) is 37.6 Å². The van der Waals surface area contributed by atoms with Crippen molar-refractivity contribution < 1.29 is 31.2 Å². The topological polar surface area (TPSA) is 127 Å². The van der Waals surface area contributed by atoms with Crippen LogP contribution in [0.15, 0.2) is 17.0 Å². The fourth-order valence-corrected chi connectivity index (χ4v) is 6.99. The molecule has 1 aliphatic heterocycles. The molecule has 1 heterocycles. The summed E-state index contributed by atoms with van der Waals surface area (Å²) in [7, 11) is -7.20. The Hall–Kier alpha value is -1.40. The Bertz CT molecular complexity index is 1090. The predicted molar refractivity (Wildman–Crippen MR) is 121 cm³/mol. The zero-order chi connectivity index (χ0) is 24.3. The van der Waals surface area contributed by atoms with Gasteiger partial charge in [-0.1, -0.05) is 37.0 Å². The molecule has 0 bridgehead atoms. The lowest BCUT2D eigenvalue weighted by molar-refractivity contribution is -0.136. The van der Waals surface area contributed by atoms with Gasteiger partial charge >= 0.3 is 5.97 Å². The number of carbonyl (C=O) groups excluding carboxylic acids is 2. The second-order valence-electron chi connectivity index (χ2n) is 7.82. The minimum Gasteiger partial charge on any atom is -0.452 e. The first kappa shape index (κ1) is 26.8. The monoisotopic (exact) mass is 528 g/mol. The van der Waals surface area contributed by atoms with Gasteiger partial charge in [0.1, 0.15) is 4.90 Å². The van der Waals surface area contributed by atoms with Gasteiger partial charge < -0.3 is 9.64 Å². The molecule has 0 radical (unpaired) electrons. The maximum absolute atomic E-state index is 12.5. The van der Waals surface area contributed by atoms with Crippen LogP contribution < -0.4 is 4.72 Å². The summed E-state index contributed by atoms with van der Waals surface area (Å²) in [6.07, 6.45) is 0.323. The lowest BCUT2D eigenvalue weighted by Gasteiger charge is -2.26. The molecule has 1 aromatic rings. The van der Waals surface area contributed by atoms with Crippen molar-refractivity contribution in [3.8, 4) is 0 Å². The van der Waals surface area contributed by atoms with Crippen molar-refractivity contribution in [3.05, 3.63) is 27.7 Å². The number of nitrogens with zero attached hydrogens (tertiary/aromatic N) is 1. The third-order valence-corrected chi connectivity index (χ3v) is 8.80. The lowest BCUT2D eigenvalue weighted by atomic mass is 10.2. The van der Waals surface area contributed by atoms with E-state index in [9.17, 15) is 26.4 Å². The number of hydrogen-bond acceptors (Lipinski definition) is 7. The van der Waals surface area contributed by atoms with Gasteiger partial charge in [-0.05, 0) is 31.4 Å². The maximum Gasteiger partial charge on any atom is 0.340 e. The van der Waals surface area contributed by atoms with Gasteiger partial charge in [0.05, 0.1) is 27.1 Å². The Labute approximate surface area is 198 Å². The number of ether oxygens (including phenoxy) is 1. The summed E-state index contributed by atoms with van der Waals surface area (Å²) in [5.41, 5.74) is -0.264. The van der Waals surface area contributed by atoms with E-state index >= 15 is 0 Å². The van der Waals surface area contributed by atoms with Gasteiger partial charge in [-0.25, -0.2) is 26.4 Å². The number of amides is 1. The number of carbonyl (C=O) groups is 2. The second kappa shape index (κ2) is 10.7. The normalized spacial score (nSPS) is 18.0. The van der Waals surface area contributed by atoms with E-state index in [4.69, 9.17) is 27.9 Å². The average molecular weight is 529 g/mol. The SMILES string of the molecule is CCN(C(=O)COC(=O)c1cc(S(=O)(=O)NCC(C)C)c(Cl)cc1Cl)[C@H]1CCS(=O)(=O)C1. The van der Waals surface area contributed by atoms with Gasteiger partial charge in [-0.3, -0.25) is 4.79 Å². The molecule has 180 valence electrons. The summed E-state index contributed by atoms with van der Waals surface area (Å²) >= 11 is 12.1. The first-order valence-electron chi connectivity index (χ1n) is 9.93. The molecule has 13 heteroatoms. The molecule has 0 saturated carbocycles. The predicted octanol–water partition coefficient (Wildman–Crippen LogP) is 2.12. The third kappa shape index (κ3) is 6.80. The fraction of sp³-hybridized carbons (Fsp3) is 0.579. The highest BCUT2D eigenvalue weighted by Crippen LogP contribution is 2.29. The molecule has 1 aliphatic rings. The Morgan fingerprint density at radius 2 is 1.91 bits per heavy atom. The number of rotatable bonds is 9. The molecule has 32 heavy (non-hydrogen) atoms. The smallest absolute Gasteiger partial charge is 0.340 e. The molecule has 1 aromatic carbocycles. The summed E-state index contributed by atoms with van der Waals surface area (Å²) in [6.45, 7) is 5.12. The van der Waals surface area contributed by atoms with E-state index in [1.54, 1.807) is 6.92 Å². The molecule has 1 saturated heterocycles. The van der Waals surface area contributed by atoms with Gasteiger partial charge in [0.15, 0.2) is 16.4 Å². The highest BCUT2D eigenvalue weighted by molar-refractivity contribution is 7.91. The summed E-state index contributed by atoms with van der Waals surface area (Å²) in [6, 6.07) is 1.65. The molecule has 0 aromatic heterocycles. The van der Waals surface area contributed by atoms with E-state index in [-0.39, 0.29) is 51.0 Å². The van der Waals surface area contributed by atoms with Gasteiger partial charge in [0.2, 0.25) is 10.0 Å². The largest absolute Gasteiger partial charge is 0.452 e. The number of sulfonamides is 1. The quantitative estimate of drug-likeness (QED) is 0.486. The van der Waals surface area contributed by atoms with E-state index in [0.29, 0.717) is 6.42 Å². The van der Waals surface area contributed by atoms with Gasteiger partial charge in [-0.2, -0.15) is 0 Å². The summed E-state index contributed by atoms with van der Waals surface area (Å²) in [5.74, 6) is -1.64. The molecule has 0 aliphatic carbocycles. The van der Waals surface area contributed by atoms with Crippen LogP contribution in [0.4, 0.5) is 0 Å². The van der Waals surface area contributed by atoms with Gasteiger partial charge in [-0.15, -0.1) is 0 Å². The number of halogens is 2. The molecule has 2 rings (SSSR count). The van der Waals surface area contributed by atoms with Crippen molar-refractivity contribution in [1.82, 2.24) is 9.62 Å². The van der Waals surface area contributed by atoms with Crippen LogP contribution in [0.3, 0.4) is 0 Å². The highest BCUT2D eigenvalue weighted by Gasteiger charge is 2.34. The standard InChI is InChI=1S/C19H26Cl2N2O7S2/c1-4-23(13-5-6-31(26,27)11-13)18(24)10-30-19(25)14-7-17(16(21)8-15(14)20)32(28,29)22-9-12(2)3/h7-8,12-13,22H,4-6,9-11H2,1-3H3/t13-/m0/s1. The van der Waals surface area contributed by atoms with Crippen LogP contribution in [-0.4, -0.2) is 70.9 Å². The number of esters is 1. The van der Waals surface area contributed by atoms with Crippen molar-refractivity contribution in [3.63, 3.8) is 0 Å². The molecule has 1 fully saturated rings. The first-order chi connectivity index (χ1) is 14.8. The van der Waals surface area contributed by atoms with Crippen LogP contribution >= 0.6 is 23.2 Å². The molecular weight excluding hydrogens is 503 g/mol. The van der Waals surface area contributed by atoms with Crippen LogP contribution in [0, 0.1) is 5.92 Å². The minimum atomic E-state index is -4.01. The van der Waals surface area contributed by atoms with Crippen molar-refractivity contribution in [2.24, 2.45) is 5.92 Å².